The van der Waals surface area contributed by atoms with Gasteiger partial charge in [-0.3, -0.25) is 9.59 Å². The molecule has 0 aliphatic carbocycles. The van der Waals surface area contributed by atoms with E-state index in [1.54, 1.807) is 11.0 Å². The Kier molecular flexibility index (Phi) is 5.62. The van der Waals surface area contributed by atoms with Gasteiger partial charge in [0, 0.05) is 24.5 Å². The molecule has 1 fully saturated rings. The average Bonchev–Trinajstić information content (AvgIpc) is 2.83. The van der Waals surface area contributed by atoms with E-state index in [0.717, 1.165) is 18.4 Å². The van der Waals surface area contributed by atoms with Crippen molar-refractivity contribution in [3.8, 4) is 0 Å². The molecule has 1 atom stereocenters. The van der Waals surface area contributed by atoms with Crippen molar-refractivity contribution in [3.63, 3.8) is 0 Å². The lowest BCUT2D eigenvalue weighted by molar-refractivity contribution is -0.135. The summed E-state index contributed by atoms with van der Waals surface area (Å²) in [5, 5.41) is 3.54. The van der Waals surface area contributed by atoms with Crippen LogP contribution in [0.15, 0.2) is 24.3 Å². The molecule has 0 unspecified atom stereocenters. The number of benzene rings is 1. The predicted octanol–water partition coefficient (Wildman–Crippen LogP) is 2.75. The van der Waals surface area contributed by atoms with Gasteiger partial charge in [0.25, 0.3) is 0 Å². The Morgan fingerprint density at radius 3 is 2.90 bits per heavy atom. The molecule has 2 amide bonds. The second-order valence-electron chi connectivity index (χ2n) is 5.31. The zero-order valence-corrected chi connectivity index (χ0v) is 13.0. The highest BCUT2D eigenvalue weighted by molar-refractivity contribution is 6.31. The van der Waals surface area contributed by atoms with Crippen molar-refractivity contribution in [2.75, 3.05) is 6.54 Å². The maximum Gasteiger partial charge on any atom is 0.242 e. The second-order valence-corrected chi connectivity index (χ2v) is 5.72. The minimum Gasteiger partial charge on any atom is -0.354 e. The summed E-state index contributed by atoms with van der Waals surface area (Å²) < 4.78 is 0. The van der Waals surface area contributed by atoms with E-state index in [1.807, 2.05) is 18.2 Å². The molecule has 0 spiro atoms. The minimum absolute atomic E-state index is 0.0190. The first-order valence-electron chi connectivity index (χ1n) is 7.44. The Morgan fingerprint density at radius 2 is 2.19 bits per heavy atom. The Hall–Kier alpha value is -1.55. The number of halogens is 1. The van der Waals surface area contributed by atoms with Crippen LogP contribution < -0.4 is 5.32 Å². The monoisotopic (exact) mass is 308 g/mol. The molecule has 21 heavy (non-hydrogen) atoms. The van der Waals surface area contributed by atoms with Crippen molar-refractivity contribution in [2.45, 2.75) is 45.2 Å². The summed E-state index contributed by atoms with van der Waals surface area (Å²) in [7, 11) is 0. The fourth-order valence-corrected chi connectivity index (χ4v) is 2.72. The van der Waals surface area contributed by atoms with Crippen LogP contribution in [0.4, 0.5) is 0 Å². The number of carbonyl (C=O) groups is 2. The smallest absolute Gasteiger partial charge is 0.242 e. The molecule has 0 bridgehead atoms. The summed E-state index contributed by atoms with van der Waals surface area (Å²) in [4.78, 5) is 25.9. The highest BCUT2D eigenvalue weighted by atomic mass is 35.5. The zero-order chi connectivity index (χ0) is 15.2. The van der Waals surface area contributed by atoms with Gasteiger partial charge in [-0.1, -0.05) is 43.1 Å². The molecule has 4 nitrogen and oxygen atoms in total. The molecule has 0 aromatic heterocycles. The van der Waals surface area contributed by atoms with Crippen molar-refractivity contribution >= 4 is 23.4 Å². The van der Waals surface area contributed by atoms with Crippen LogP contribution in [-0.4, -0.2) is 29.3 Å². The van der Waals surface area contributed by atoms with Crippen molar-refractivity contribution in [2.24, 2.45) is 0 Å². The first kappa shape index (κ1) is 15.8. The Morgan fingerprint density at radius 1 is 1.43 bits per heavy atom. The third kappa shape index (κ3) is 3.97. The van der Waals surface area contributed by atoms with E-state index in [1.165, 1.54) is 0 Å². The van der Waals surface area contributed by atoms with E-state index in [0.29, 0.717) is 31.0 Å². The van der Waals surface area contributed by atoms with E-state index < -0.39 is 0 Å². The minimum atomic E-state index is -0.370. The number of carbonyl (C=O) groups excluding carboxylic acids is 2. The van der Waals surface area contributed by atoms with Gasteiger partial charge in [-0.2, -0.15) is 0 Å². The normalized spacial score (nSPS) is 18.1. The fraction of sp³-hybridized carbons (Fsp3) is 0.500. The maximum atomic E-state index is 12.2. The molecule has 1 N–H and O–H groups in total. The number of hydrogen-bond donors (Lipinski definition) is 1. The Labute approximate surface area is 130 Å². The Bertz CT molecular complexity index is 519. The van der Waals surface area contributed by atoms with Crippen LogP contribution in [0.5, 0.6) is 0 Å². The predicted molar refractivity (Wildman–Crippen MR) is 82.9 cm³/mol. The number of nitrogens with one attached hydrogen (secondary N) is 1. The molecule has 1 aromatic carbocycles. The van der Waals surface area contributed by atoms with E-state index in [2.05, 4.69) is 12.2 Å². The highest BCUT2D eigenvalue weighted by Crippen LogP contribution is 2.24. The van der Waals surface area contributed by atoms with Crippen molar-refractivity contribution in [1.82, 2.24) is 10.2 Å². The van der Waals surface area contributed by atoms with Gasteiger partial charge in [-0.05, 0) is 24.5 Å². The molecule has 0 saturated carbocycles. The topological polar surface area (TPSA) is 49.4 Å². The summed E-state index contributed by atoms with van der Waals surface area (Å²) in [6.07, 6.45) is 3.00. The van der Waals surface area contributed by atoms with Gasteiger partial charge >= 0.3 is 0 Å². The van der Waals surface area contributed by atoms with Crippen LogP contribution in [0.1, 0.15) is 38.2 Å². The molecular formula is C16H21ClN2O2. The largest absolute Gasteiger partial charge is 0.354 e. The van der Waals surface area contributed by atoms with E-state index in [4.69, 9.17) is 11.6 Å². The molecule has 2 rings (SSSR count). The second kappa shape index (κ2) is 7.46. The van der Waals surface area contributed by atoms with Gasteiger partial charge in [0.05, 0.1) is 0 Å². The van der Waals surface area contributed by atoms with Gasteiger partial charge in [-0.15, -0.1) is 0 Å². The summed E-state index contributed by atoms with van der Waals surface area (Å²) in [6.45, 7) is 3.14. The molecule has 1 aromatic rings. The van der Waals surface area contributed by atoms with E-state index in [9.17, 15) is 9.59 Å². The van der Waals surface area contributed by atoms with Gasteiger partial charge < -0.3 is 10.2 Å². The van der Waals surface area contributed by atoms with Crippen LogP contribution in [0.25, 0.3) is 0 Å². The fourth-order valence-electron chi connectivity index (χ4n) is 2.52. The van der Waals surface area contributed by atoms with Crippen LogP contribution >= 0.6 is 11.6 Å². The van der Waals surface area contributed by atoms with Crippen molar-refractivity contribution in [3.05, 3.63) is 34.9 Å². The number of nitrogens with zero attached hydrogens (tertiary/aromatic N) is 1. The lowest BCUT2D eigenvalue weighted by atomic mass is 10.1. The lowest BCUT2D eigenvalue weighted by Gasteiger charge is -2.24. The van der Waals surface area contributed by atoms with Crippen LogP contribution in [0.3, 0.4) is 0 Å². The number of rotatable bonds is 6. The quantitative estimate of drug-likeness (QED) is 0.822. The summed E-state index contributed by atoms with van der Waals surface area (Å²) >= 11 is 6.14. The molecular weight excluding hydrogens is 288 g/mol. The van der Waals surface area contributed by atoms with Crippen LogP contribution in [0, 0.1) is 0 Å². The third-order valence-corrected chi connectivity index (χ3v) is 4.13. The van der Waals surface area contributed by atoms with E-state index in [-0.39, 0.29) is 17.9 Å². The van der Waals surface area contributed by atoms with E-state index >= 15 is 0 Å². The summed E-state index contributed by atoms with van der Waals surface area (Å²) in [6, 6.07) is 7.06. The van der Waals surface area contributed by atoms with Crippen LogP contribution in [0.2, 0.25) is 5.02 Å². The van der Waals surface area contributed by atoms with Crippen molar-refractivity contribution < 1.29 is 9.59 Å². The number of hydrogen-bond acceptors (Lipinski definition) is 2. The zero-order valence-electron chi connectivity index (χ0n) is 12.3. The van der Waals surface area contributed by atoms with Gasteiger partial charge in [0.2, 0.25) is 11.8 Å². The standard InChI is InChI=1S/C16H21ClN2O2/c1-2-3-10-18-16(21)14-8-9-15(20)19(14)11-12-6-4-5-7-13(12)17/h4-7,14H,2-3,8-11H2,1H3,(H,18,21)/t14-/m1/s1. The molecule has 1 aliphatic rings. The third-order valence-electron chi connectivity index (χ3n) is 3.76. The van der Waals surface area contributed by atoms with Crippen molar-refractivity contribution in [1.29, 1.82) is 0 Å². The molecule has 0 radical (unpaired) electrons. The lowest BCUT2D eigenvalue weighted by Crippen LogP contribution is -2.44. The molecule has 114 valence electrons. The summed E-state index contributed by atoms with van der Waals surface area (Å²) in [5.74, 6) is -0.0353. The summed E-state index contributed by atoms with van der Waals surface area (Å²) in [5.41, 5.74) is 0.876. The molecule has 1 saturated heterocycles. The first-order valence-corrected chi connectivity index (χ1v) is 7.82. The van der Waals surface area contributed by atoms with Gasteiger partial charge in [0.1, 0.15) is 6.04 Å². The molecule has 1 heterocycles. The molecule has 1 aliphatic heterocycles. The first-order chi connectivity index (χ1) is 10.1. The highest BCUT2D eigenvalue weighted by Gasteiger charge is 2.35. The van der Waals surface area contributed by atoms with Gasteiger partial charge in [-0.25, -0.2) is 0 Å². The SMILES string of the molecule is CCCCNC(=O)[C@H]1CCC(=O)N1Cc1ccccc1Cl. The number of unbranched alkanes of at least 4 members (excludes halogenated alkanes) is 1. The maximum absolute atomic E-state index is 12.2. The number of likely N-dealkylation sites (tertiary alicyclic amines) is 1. The van der Waals surface area contributed by atoms with Gasteiger partial charge in [0.15, 0.2) is 0 Å². The molecule has 5 heteroatoms. The van der Waals surface area contributed by atoms with Crippen LogP contribution in [-0.2, 0) is 16.1 Å². The Balaban J connectivity index is 2.03. The average molecular weight is 309 g/mol. The number of amides is 2.